The van der Waals surface area contributed by atoms with Crippen molar-refractivity contribution < 1.29 is 18.7 Å². The molecule has 6 heteroatoms. The summed E-state index contributed by atoms with van der Waals surface area (Å²) in [6, 6.07) is 1.10. The summed E-state index contributed by atoms with van der Waals surface area (Å²) in [5, 5.41) is 13.8. The van der Waals surface area contributed by atoms with Crippen LogP contribution in [0.15, 0.2) is 12.1 Å². The van der Waals surface area contributed by atoms with E-state index < -0.39 is 23.6 Å². The number of nitrogens with one attached hydrogen (secondary N) is 2. The zero-order valence-electron chi connectivity index (χ0n) is 8.96. The van der Waals surface area contributed by atoms with Gasteiger partial charge in [-0.1, -0.05) is 0 Å². The highest BCUT2D eigenvalue weighted by Crippen LogP contribution is 2.33. The molecule has 1 aliphatic rings. The largest absolute Gasteiger partial charge is 0.396 e. The molecule has 0 spiro atoms. The Labute approximate surface area is 96.6 Å². The summed E-state index contributed by atoms with van der Waals surface area (Å²) in [7, 11) is 0. The predicted molar refractivity (Wildman–Crippen MR) is 57.4 cm³/mol. The molecule has 1 heterocycles. The van der Waals surface area contributed by atoms with Crippen molar-refractivity contribution in [1.82, 2.24) is 5.32 Å². The van der Waals surface area contributed by atoms with Gasteiger partial charge in [-0.15, -0.1) is 0 Å². The average molecular weight is 242 g/mol. The van der Waals surface area contributed by atoms with E-state index in [0.717, 1.165) is 12.1 Å². The number of hydrogen-bond donors (Lipinski definition) is 3. The summed E-state index contributed by atoms with van der Waals surface area (Å²) in [5.41, 5.74) is 0.295. The Hall–Kier alpha value is -1.53. The number of aliphatic hydroxyl groups excluding tert-OH is 1. The molecule has 1 amide bonds. The maximum absolute atomic E-state index is 13.4. The third kappa shape index (κ3) is 2.27. The number of carbonyl (C=O) groups is 1. The molecule has 3 N–H and O–H groups in total. The van der Waals surface area contributed by atoms with Crippen molar-refractivity contribution in [3.05, 3.63) is 29.3 Å². The fourth-order valence-corrected chi connectivity index (χ4v) is 1.82. The van der Waals surface area contributed by atoms with E-state index in [9.17, 15) is 13.6 Å². The van der Waals surface area contributed by atoms with Gasteiger partial charge in [0.25, 0.3) is 0 Å². The van der Waals surface area contributed by atoms with Crippen LogP contribution in [0.1, 0.15) is 18.0 Å². The molecule has 4 nitrogen and oxygen atoms in total. The summed E-state index contributed by atoms with van der Waals surface area (Å²) >= 11 is 0. The lowest BCUT2D eigenvalue weighted by atomic mass is 10.1. The number of aliphatic hydroxyl groups is 1. The molecule has 1 aromatic carbocycles. The van der Waals surface area contributed by atoms with Crippen LogP contribution in [0.4, 0.5) is 14.5 Å². The van der Waals surface area contributed by atoms with Crippen LogP contribution in [0.2, 0.25) is 0 Å². The van der Waals surface area contributed by atoms with Crippen molar-refractivity contribution >= 4 is 11.6 Å². The van der Waals surface area contributed by atoms with Crippen LogP contribution in [-0.2, 0) is 4.79 Å². The molecule has 1 aliphatic heterocycles. The van der Waals surface area contributed by atoms with Gasteiger partial charge in [0, 0.05) is 18.2 Å². The van der Waals surface area contributed by atoms with E-state index in [4.69, 9.17) is 5.11 Å². The molecule has 17 heavy (non-hydrogen) atoms. The predicted octanol–water partition coefficient (Wildman–Crippen LogP) is 0.930. The zero-order chi connectivity index (χ0) is 12.4. The number of carbonyl (C=O) groups excluding carboxylic acids is 1. The summed E-state index contributed by atoms with van der Waals surface area (Å²) < 4.78 is 26.4. The Kier molecular flexibility index (Phi) is 3.35. The molecule has 0 radical (unpaired) electrons. The maximum atomic E-state index is 13.4. The van der Waals surface area contributed by atoms with Crippen LogP contribution in [-0.4, -0.2) is 24.2 Å². The van der Waals surface area contributed by atoms with Gasteiger partial charge in [-0.2, -0.15) is 0 Å². The van der Waals surface area contributed by atoms with E-state index in [1.54, 1.807) is 0 Å². The van der Waals surface area contributed by atoms with Crippen molar-refractivity contribution in [1.29, 1.82) is 0 Å². The highest BCUT2D eigenvalue weighted by atomic mass is 19.1. The van der Waals surface area contributed by atoms with E-state index in [2.05, 4.69) is 10.6 Å². The van der Waals surface area contributed by atoms with E-state index in [1.165, 1.54) is 0 Å². The summed E-state index contributed by atoms with van der Waals surface area (Å²) in [6.07, 6.45) is 0.469. The number of anilines is 1. The number of hydrogen-bond acceptors (Lipinski definition) is 3. The van der Waals surface area contributed by atoms with Crippen molar-refractivity contribution in [3.8, 4) is 0 Å². The molecular weight excluding hydrogens is 230 g/mol. The Morgan fingerprint density at radius 3 is 2.88 bits per heavy atom. The fourth-order valence-electron chi connectivity index (χ4n) is 1.82. The molecule has 1 aromatic rings. The van der Waals surface area contributed by atoms with Gasteiger partial charge in [-0.3, -0.25) is 4.79 Å². The van der Waals surface area contributed by atoms with Crippen molar-refractivity contribution in [2.45, 2.75) is 12.5 Å². The molecule has 0 aromatic heterocycles. The average Bonchev–Trinajstić information content (AvgIpc) is 2.57. The van der Waals surface area contributed by atoms with Crippen LogP contribution >= 0.6 is 0 Å². The van der Waals surface area contributed by atoms with Crippen LogP contribution in [0, 0.1) is 11.6 Å². The smallest absolute Gasteiger partial charge is 0.246 e. The van der Waals surface area contributed by atoms with Crippen LogP contribution < -0.4 is 10.6 Å². The maximum Gasteiger partial charge on any atom is 0.246 e. The first-order chi connectivity index (χ1) is 8.13. The highest BCUT2D eigenvalue weighted by molar-refractivity contribution is 6.02. The van der Waals surface area contributed by atoms with Gasteiger partial charge >= 0.3 is 0 Å². The lowest BCUT2D eigenvalue weighted by Gasteiger charge is -2.10. The minimum absolute atomic E-state index is 0.00823. The molecule has 0 saturated carbocycles. The summed E-state index contributed by atoms with van der Waals surface area (Å²) in [5.74, 6) is -1.91. The third-order valence-corrected chi connectivity index (χ3v) is 2.59. The molecule has 92 valence electrons. The number of benzene rings is 1. The molecule has 0 bridgehead atoms. The van der Waals surface area contributed by atoms with Gasteiger partial charge in [-0.25, -0.2) is 8.78 Å². The van der Waals surface area contributed by atoms with Gasteiger partial charge in [0.2, 0.25) is 5.91 Å². The van der Waals surface area contributed by atoms with E-state index in [1.807, 2.05) is 0 Å². The van der Waals surface area contributed by atoms with Gasteiger partial charge in [0.15, 0.2) is 0 Å². The standard InChI is InChI=1S/C11H12F2N2O2/c12-6-4-7-9(8(13)5-6)15-11(17)10(7)14-2-1-3-16/h4-5,10,14,16H,1-3H2,(H,15,17). The Morgan fingerprint density at radius 2 is 2.18 bits per heavy atom. The number of fused-ring (bicyclic) bond motifs is 1. The Bertz CT molecular complexity index is 451. The molecular formula is C11H12F2N2O2. The SMILES string of the molecule is O=C1Nc2c(F)cc(F)cc2C1NCCCO. The van der Waals surface area contributed by atoms with Crippen LogP contribution in [0.25, 0.3) is 0 Å². The second-order valence-corrected chi connectivity index (χ2v) is 3.81. The zero-order valence-corrected chi connectivity index (χ0v) is 8.96. The van der Waals surface area contributed by atoms with Gasteiger partial charge in [0.1, 0.15) is 17.7 Å². The lowest BCUT2D eigenvalue weighted by molar-refractivity contribution is -0.117. The molecule has 0 fully saturated rings. The first-order valence-corrected chi connectivity index (χ1v) is 5.27. The Morgan fingerprint density at radius 1 is 1.41 bits per heavy atom. The number of amides is 1. The van der Waals surface area contributed by atoms with E-state index in [-0.39, 0.29) is 17.9 Å². The third-order valence-electron chi connectivity index (χ3n) is 2.59. The Balaban J connectivity index is 2.23. The molecule has 0 saturated heterocycles. The first kappa shape index (κ1) is 11.9. The second kappa shape index (κ2) is 4.77. The molecule has 1 unspecified atom stereocenters. The summed E-state index contributed by atoms with van der Waals surface area (Å²) in [4.78, 5) is 11.6. The minimum Gasteiger partial charge on any atom is -0.396 e. The topological polar surface area (TPSA) is 61.4 Å². The van der Waals surface area contributed by atoms with Gasteiger partial charge < -0.3 is 15.7 Å². The first-order valence-electron chi connectivity index (χ1n) is 5.27. The molecule has 2 rings (SSSR count). The molecule has 0 aliphatic carbocycles. The van der Waals surface area contributed by atoms with E-state index >= 15 is 0 Å². The quantitative estimate of drug-likeness (QED) is 0.688. The monoisotopic (exact) mass is 242 g/mol. The minimum atomic E-state index is -0.778. The van der Waals surface area contributed by atoms with Crippen LogP contribution in [0.3, 0.4) is 0 Å². The molecule has 1 atom stereocenters. The lowest BCUT2D eigenvalue weighted by Crippen LogP contribution is -2.28. The highest BCUT2D eigenvalue weighted by Gasteiger charge is 2.32. The second-order valence-electron chi connectivity index (χ2n) is 3.81. The number of rotatable bonds is 4. The van der Waals surface area contributed by atoms with E-state index in [0.29, 0.717) is 13.0 Å². The van der Waals surface area contributed by atoms with Crippen LogP contribution in [0.5, 0.6) is 0 Å². The van der Waals surface area contributed by atoms with Crippen molar-refractivity contribution in [3.63, 3.8) is 0 Å². The van der Waals surface area contributed by atoms with Crippen molar-refractivity contribution in [2.24, 2.45) is 0 Å². The number of halogens is 2. The summed E-state index contributed by atoms with van der Waals surface area (Å²) in [6.45, 7) is 0.387. The normalized spacial score (nSPS) is 18.1. The van der Waals surface area contributed by atoms with Gasteiger partial charge in [0.05, 0.1) is 5.69 Å². The van der Waals surface area contributed by atoms with Gasteiger partial charge in [-0.05, 0) is 19.0 Å². The fraction of sp³-hybridized carbons (Fsp3) is 0.364. The van der Waals surface area contributed by atoms with Crippen molar-refractivity contribution in [2.75, 3.05) is 18.5 Å².